The van der Waals surface area contributed by atoms with Crippen molar-refractivity contribution in [1.82, 2.24) is 19.9 Å². The summed E-state index contributed by atoms with van der Waals surface area (Å²) in [6, 6.07) is 40.6. The first kappa shape index (κ1) is 27.5. The van der Waals surface area contributed by atoms with Crippen LogP contribution in [0, 0.1) is 0 Å². The van der Waals surface area contributed by atoms with Crippen molar-refractivity contribution >= 4 is 22.4 Å². The molecule has 0 amide bonds. The zero-order chi connectivity index (χ0) is 30.7. The summed E-state index contributed by atoms with van der Waals surface area (Å²) in [6.45, 7) is 0.872. The number of H-pyrrole nitrogens is 1. The van der Waals surface area contributed by atoms with Gasteiger partial charge in [0.15, 0.2) is 0 Å². The summed E-state index contributed by atoms with van der Waals surface area (Å²) in [6.07, 6.45) is 4.35. The average Bonchev–Trinajstić information content (AvgIpc) is 3.75. The molecule has 0 bridgehead atoms. The van der Waals surface area contributed by atoms with Gasteiger partial charge in [0.1, 0.15) is 30.5 Å². The Morgan fingerprint density at radius 1 is 0.587 bits per heavy atom. The van der Waals surface area contributed by atoms with Crippen LogP contribution in [-0.2, 0) is 19.6 Å². The maximum atomic E-state index is 5.90. The Morgan fingerprint density at radius 2 is 1.20 bits per heavy atom. The summed E-state index contributed by atoms with van der Waals surface area (Å²) in [5, 5.41) is 0. The highest BCUT2D eigenvalue weighted by atomic mass is 16.5. The number of nitrogens with zero attached hydrogens (tertiary/aromatic N) is 4. The maximum Gasteiger partial charge on any atom is 0.138 e. The molecule has 0 unspecified atom stereocenters. The van der Waals surface area contributed by atoms with Gasteiger partial charge in [0.05, 0.1) is 33.8 Å². The first-order chi connectivity index (χ1) is 22.7. The lowest BCUT2D eigenvalue weighted by atomic mass is 10.00. The molecule has 0 aliphatic carbocycles. The molecule has 0 fully saturated rings. The van der Waals surface area contributed by atoms with Crippen molar-refractivity contribution in [3.63, 3.8) is 0 Å². The number of fused-ring (bicyclic) bond motifs is 2. The Bertz CT molecular complexity index is 2160. The molecule has 7 nitrogen and oxygen atoms in total. The highest BCUT2D eigenvalue weighted by molar-refractivity contribution is 6.07. The molecule has 1 N–H and O–H groups in total. The zero-order valence-corrected chi connectivity index (χ0v) is 24.9. The Hall–Kier alpha value is -6.08. The minimum atomic E-state index is 0.430. The number of aromatic nitrogens is 4. The minimum Gasteiger partial charge on any atom is -0.487 e. The molecule has 0 atom stereocenters. The molecule has 7 aromatic rings. The van der Waals surface area contributed by atoms with E-state index in [1.807, 2.05) is 72.8 Å². The van der Waals surface area contributed by atoms with Gasteiger partial charge < -0.3 is 14.5 Å². The number of hydrogen-bond donors (Lipinski definition) is 1. The smallest absolute Gasteiger partial charge is 0.138 e. The van der Waals surface area contributed by atoms with Crippen LogP contribution in [0.2, 0.25) is 0 Å². The van der Waals surface area contributed by atoms with Gasteiger partial charge in [-0.3, -0.25) is 15.0 Å². The zero-order valence-electron chi connectivity index (χ0n) is 24.9. The molecular formula is C39H29N5O2. The lowest BCUT2D eigenvalue weighted by Crippen LogP contribution is -2.01. The van der Waals surface area contributed by atoms with E-state index in [4.69, 9.17) is 19.5 Å². The van der Waals surface area contributed by atoms with Crippen LogP contribution < -0.4 is 9.47 Å². The van der Waals surface area contributed by atoms with Gasteiger partial charge in [-0.2, -0.15) is 0 Å². The number of ether oxygens (including phenoxy) is 2. The Morgan fingerprint density at radius 3 is 1.85 bits per heavy atom. The fourth-order valence-electron chi connectivity index (χ4n) is 5.59. The summed E-state index contributed by atoms with van der Waals surface area (Å²) in [7, 11) is 0. The Kier molecular flexibility index (Phi) is 7.24. The fraction of sp³-hybridized carbons (Fsp3) is 0.0769. The van der Waals surface area contributed by atoms with Crippen molar-refractivity contribution in [2.45, 2.75) is 19.6 Å². The maximum absolute atomic E-state index is 5.90. The Balaban J connectivity index is 0.957. The van der Waals surface area contributed by atoms with Crippen LogP contribution in [0.4, 0.5) is 5.69 Å². The number of pyridine rings is 2. The van der Waals surface area contributed by atoms with Crippen LogP contribution in [-0.4, -0.2) is 25.6 Å². The van der Waals surface area contributed by atoms with Crippen molar-refractivity contribution in [1.29, 1.82) is 0 Å². The average molecular weight is 600 g/mol. The SMILES string of the molecule is c1ccc(COc2ccc(C3=Nc4cc(-c5ccc6nc(-c7ccc(OCc8ccccn8)cc7)[nH]c6c5)ccc4C3)cc2)nc1. The van der Waals surface area contributed by atoms with Crippen molar-refractivity contribution in [3.05, 3.63) is 156 Å². The second-order valence-corrected chi connectivity index (χ2v) is 11.2. The van der Waals surface area contributed by atoms with Gasteiger partial charge in [0.25, 0.3) is 0 Å². The van der Waals surface area contributed by atoms with Gasteiger partial charge in [0, 0.05) is 24.4 Å². The monoisotopic (exact) mass is 599 g/mol. The number of nitrogens with one attached hydrogen (secondary N) is 1. The number of rotatable bonds is 9. The van der Waals surface area contributed by atoms with E-state index in [0.717, 1.165) is 79.8 Å². The molecular weight excluding hydrogens is 570 g/mol. The lowest BCUT2D eigenvalue weighted by Gasteiger charge is -2.07. The fourth-order valence-corrected chi connectivity index (χ4v) is 5.59. The van der Waals surface area contributed by atoms with E-state index in [-0.39, 0.29) is 0 Å². The molecule has 7 heteroatoms. The van der Waals surface area contributed by atoms with Crippen LogP contribution in [0.5, 0.6) is 11.5 Å². The number of aliphatic imine (C=N–C) groups is 1. The van der Waals surface area contributed by atoms with E-state index in [2.05, 4.69) is 63.5 Å². The van der Waals surface area contributed by atoms with Gasteiger partial charge in [-0.15, -0.1) is 0 Å². The first-order valence-electron chi connectivity index (χ1n) is 15.2. The molecule has 0 saturated carbocycles. The van der Waals surface area contributed by atoms with Gasteiger partial charge >= 0.3 is 0 Å². The van der Waals surface area contributed by atoms with Crippen LogP contribution in [0.15, 0.2) is 139 Å². The molecule has 0 spiro atoms. The third-order valence-electron chi connectivity index (χ3n) is 8.05. The highest BCUT2D eigenvalue weighted by Gasteiger charge is 2.17. The number of benzene rings is 4. The number of aromatic amines is 1. The van der Waals surface area contributed by atoms with E-state index in [1.54, 1.807) is 12.4 Å². The van der Waals surface area contributed by atoms with Gasteiger partial charge in [-0.05, 0) is 113 Å². The molecule has 222 valence electrons. The highest BCUT2D eigenvalue weighted by Crippen LogP contribution is 2.35. The van der Waals surface area contributed by atoms with E-state index in [9.17, 15) is 0 Å². The Labute approximate surface area is 266 Å². The molecule has 46 heavy (non-hydrogen) atoms. The number of imidazole rings is 1. The molecule has 0 radical (unpaired) electrons. The normalized spacial score (nSPS) is 12.1. The van der Waals surface area contributed by atoms with E-state index < -0.39 is 0 Å². The summed E-state index contributed by atoms with van der Waals surface area (Å²) < 4.78 is 11.8. The molecule has 1 aliphatic heterocycles. The molecule has 0 saturated heterocycles. The van der Waals surface area contributed by atoms with Gasteiger partial charge in [-0.25, -0.2) is 4.98 Å². The predicted molar refractivity (Wildman–Crippen MR) is 180 cm³/mol. The quantitative estimate of drug-likeness (QED) is 0.180. The van der Waals surface area contributed by atoms with Crippen LogP contribution in [0.1, 0.15) is 22.5 Å². The topological polar surface area (TPSA) is 85.3 Å². The molecule has 1 aliphatic rings. The van der Waals surface area contributed by atoms with Crippen LogP contribution >= 0.6 is 0 Å². The third-order valence-corrected chi connectivity index (χ3v) is 8.05. The summed E-state index contributed by atoms with van der Waals surface area (Å²) >= 11 is 0. The second kappa shape index (κ2) is 12.1. The van der Waals surface area contributed by atoms with E-state index in [0.29, 0.717) is 13.2 Å². The summed E-state index contributed by atoms with van der Waals surface area (Å²) in [4.78, 5) is 22.0. The van der Waals surface area contributed by atoms with Crippen molar-refractivity contribution in [2.24, 2.45) is 4.99 Å². The third kappa shape index (κ3) is 5.86. The summed E-state index contributed by atoms with van der Waals surface area (Å²) in [5.41, 5.74) is 11.3. The van der Waals surface area contributed by atoms with Crippen molar-refractivity contribution in [2.75, 3.05) is 0 Å². The van der Waals surface area contributed by atoms with Crippen LogP contribution in [0.25, 0.3) is 33.5 Å². The molecule has 3 aromatic heterocycles. The molecule has 4 aromatic carbocycles. The lowest BCUT2D eigenvalue weighted by molar-refractivity contribution is 0.301. The van der Waals surface area contributed by atoms with E-state index in [1.165, 1.54) is 5.56 Å². The summed E-state index contributed by atoms with van der Waals surface area (Å²) in [5.74, 6) is 2.42. The van der Waals surface area contributed by atoms with Crippen LogP contribution in [0.3, 0.4) is 0 Å². The largest absolute Gasteiger partial charge is 0.487 e. The minimum absolute atomic E-state index is 0.430. The molecule has 4 heterocycles. The molecule has 8 rings (SSSR count). The van der Waals surface area contributed by atoms with Crippen molar-refractivity contribution < 1.29 is 9.47 Å². The predicted octanol–water partition coefficient (Wildman–Crippen LogP) is 8.52. The number of hydrogen-bond acceptors (Lipinski definition) is 6. The van der Waals surface area contributed by atoms with E-state index >= 15 is 0 Å². The second-order valence-electron chi connectivity index (χ2n) is 11.2. The van der Waals surface area contributed by atoms with Gasteiger partial charge in [0.2, 0.25) is 0 Å². The first-order valence-corrected chi connectivity index (χ1v) is 15.2. The standard InChI is InChI=1S/C39H29N5O2/c1-3-19-40-31(5-1)24-45-33-14-9-26(10-15-33)36-23-30-8-7-28(21-37(30)42-36)29-13-18-35-38(22-29)44-39(43-35)27-11-16-34(17-12-27)46-25-32-6-2-4-20-41-32/h1-22H,23-25H2,(H,43,44). The van der Waals surface area contributed by atoms with Crippen molar-refractivity contribution in [3.8, 4) is 34.0 Å². The van der Waals surface area contributed by atoms with Gasteiger partial charge in [-0.1, -0.05) is 30.3 Å².